The molecule has 0 aromatic carbocycles. The first-order chi connectivity index (χ1) is 11.1. The van der Waals surface area contributed by atoms with Crippen molar-refractivity contribution in [1.29, 1.82) is 0 Å². The van der Waals surface area contributed by atoms with E-state index >= 15 is 0 Å². The average molecular weight is 336 g/mol. The van der Waals surface area contributed by atoms with Crippen LogP contribution in [-0.4, -0.2) is 47.2 Å². The number of hydrogen-bond donors (Lipinski definition) is 2. The van der Waals surface area contributed by atoms with Gasteiger partial charge in [-0.1, -0.05) is 26.8 Å². The van der Waals surface area contributed by atoms with E-state index in [0.717, 1.165) is 0 Å². The molecule has 8 nitrogen and oxygen atoms in total. The third-order valence-electron chi connectivity index (χ3n) is 4.51. The number of nitro groups is 1. The minimum absolute atomic E-state index is 0.358. The molecule has 1 aromatic rings. The molecule has 0 bridgehead atoms. The van der Waals surface area contributed by atoms with Gasteiger partial charge in [-0.15, -0.1) is 0 Å². The third kappa shape index (κ3) is 3.19. The molecule has 0 saturated carbocycles. The van der Waals surface area contributed by atoms with Crippen LogP contribution in [0.5, 0.6) is 0 Å². The number of rotatable bonds is 4. The number of nitrogens with zero attached hydrogens (tertiary/aromatic N) is 3. The molecule has 0 amide bonds. The van der Waals surface area contributed by atoms with Crippen LogP contribution in [0.3, 0.4) is 0 Å². The summed E-state index contributed by atoms with van der Waals surface area (Å²) in [5.74, 6) is -1.12. The lowest BCUT2D eigenvalue weighted by Gasteiger charge is -2.30. The van der Waals surface area contributed by atoms with Crippen LogP contribution in [-0.2, 0) is 4.79 Å². The molecule has 4 atom stereocenters. The second-order valence-electron chi connectivity index (χ2n) is 7.44. The van der Waals surface area contributed by atoms with Crippen molar-refractivity contribution in [2.45, 2.75) is 38.9 Å². The predicted octanol–water partition coefficient (Wildman–Crippen LogP) is 1.55. The van der Waals surface area contributed by atoms with Crippen molar-refractivity contribution in [2.24, 2.45) is 11.3 Å². The zero-order valence-corrected chi connectivity index (χ0v) is 14.6. The Labute approximate surface area is 141 Å². The zero-order chi connectivity index (χ0) is 18.2. The molecule has 1 aromatic heterocycles. The van der Waals surface area contributed by atoms with Gasteiger partial charge in [-0.3, -0.25) is 20.2 Å². The van der Waals surface area contributed by atoms with Crippen molar-refractivity contribution < 1.29 is 14.8 Å². The Hall–Kier alpha value is -2.22. The van der Waals surface area contributed by atoms with Gasteiger partial charge in [0.1, 0.15) is 17.9 Å². The quantitative estimate of drug-likeness (QED) is 0.634. The Morgan fingerprint density at radius 3 is 2.50 bits per heavy atom. The summed E-state index contributed by atoms with van der Waals surface area (Å²) in [7, 11) is 3.61. The number of carboxylic acid groups (broad SMARTS) is 1. The highest BCUT2D eigenvalue weighted by atomic mass is 16.6. The van der Waals surface area contributed by atoms with Gasteiger partial charge in [0, 0.05) is 30.8 Å². The SMILES string of the molecule is CN(C)c1ncccc1C1NC(C(=O)O)C(C(C)(C)C)C1[N+](=O)[O-]. The van der Waals surface area contributed by atoms with Gasteiger partial charge >= 0.3 is 5.97 Å². The Morgan fingerprint density at radius 2 is 2.04 bits per heavy atom. The summed E-state index contributed by atoms with van der Waals surface area (Å²) in [5.41, 5.74) is 0.102. The molecule has 4 unspecified atom stereocenters. The number of nitrogens with one attached hydrogen (secondary N) is 1. The van der Waals surface area contributed by atoms with Crippen LogP contribution < -0.4 is 10.2 Å². The lowest BCUT2D eigenvalue weighted by atomic mass is 9.73. The van der Waals surface area contributed by atoms with Gasteiger partial charge in [-0.2, -0.15) is 0 Å². The van der Waals surface area contributed by atoms with Crippen molar-refractivity contribution in [3.8, 4) is 0 Å². The van der Waals surface area contributed by atoms with Gasteiger partial charge < -0.3 is 10.0 Å². The number of aliphatic carboxylic acids is 1. The molecule has 24 heavy (non-hydrogen) atoms. The topological polar surface area (TPSA) is 109 Å². The number of carboxylic acids is 1. The van der Waals surface area contributed by atoms with E-state index in [9.17, 15) is 20.0 Å². The van der Waals surface area contributed by atoms with E-state index in [1.54, 1.807) is 37.3 Å². The summed E-state index contributed by atoms with van der Waals surface area (Å²) in [6, 6.07) is 0.729. The largest absolute Gasteiger partial charge is 0.480 e. The summed E-state index contributed by atoms with van der Waals surface area (Å²) in [6.45, 7) is 5.51. The molecule has 1 saturated heterocycles. The maximum Gasteiger partial charge on any atom is 0.321 e. The van der Waals surface area contributed by atoms with E-state index in [1.165, 1.54) is 0 Å². The van der Waals surface area contributed by atoms with Crippen molar-refractivity contribution in [3.63, 3.8) is 0 Å². The number of pyridine rings is 1. The molecule has 1 fully saturated rings. The lowest BCUT2D eigenvalue weighted by molar-refractivity contribution is -0.535. The standard InChI is InChI=1S/C16H24N4O4/c1-16(2,3)10-12(15(21)22)18-11(13(10)20(23)24)9-7-6-8-17-14(9)19(4)5/h6-8,10-13,18H,1-5H3,(H,21,22). The van der Waals surface area contributed by atoms with E-state index in [1.807, 2.05) is 20.8 Å². The highest BCUT2D eigenvalue weighted by molar-refractivity contribution is 5.75. The molecule has 2 heterocycles. The first kappa shape index (κ1) is 18.1. The Balaban J connectivity index is 2.58. The Bertz CT molecular complexity index is 641. The molecule has 8 heteroatoms. The normalized spacial score (nSPS) is 27.0. The maximum atomic E-state index is 11.8. The molecule has 0 aliphatic carbocycles. The predicted molar refractivity (Wildman–Crippen MR) is 89.6 cm³/mol. The van der Waals surface area contributed by atoms with Gasteiger partial charge in [0.2, 0.25) is 6.04 Å². The molecular weight excluding hydrogens is 312 g/mol. The van der Waals surface area contributed by atoms with Crippen LogP contribution in [0.4, 0.5) is 5.82 Å². The van der Waals surface area contributed by atoms with Crippen molar-refractivity contribution in [3.05, 3.63) is 34.0 Å². The van der Waals surface area contributed by atoms with Crippen LogP contribution in [0.1, 0.15) is 32.4 Å². The maximum absolute atomic E-state index is 11.8. The van der Waals surface area contributed by atoms with E-state index in [4.69, 9.17) is 0 Å². The van der Waals surface area contributed by atoms with Crippen LogP contribution in [0.25, 0.3) is 0 Å². The highest BCUT2D eigenvalue weighted by Crippen LogP contribution is 2.44. The monoisotopic (exact) mass is 336 g/mol. The van der Waals surface area contributed by atoms with Crippen LogP contribution >= 0.6 is 0 Å². The van der Waals surface area contributed by atoms with Gasteiger partial charge in [0.05, 0.1) is 5.92 Å². The molecular formula is C16H24N4O4. The Kier molecular flexibility index (Phi) is 4.80. The van der Waals surface area contributed by atoms with Crippen molar-refractivity contribution in [1.82, 2.24) is 10.3 Å². The minimum Gasteiger partial charge on any atom is -0.480 e. The fourth-order valence-electron chi connectivity index (χ4n) is 3.59. The van der Waals surface area contributed by atoms with E-state index < -0.39 is 35.4 Å². The second kappa shape index (κ2) is 6.35. The second-order valence-corrected chi connectivity index (χ2v) is 7.44. The van der Waals surface area contributed by atoms with Crippen LogP contribution in [0.2, 0.25) is 0 Å². The van der Waals surface area contributed by atoms with E-state index in [0.29, 0.717) is 11.4 Å². The fraction of sp³-hybridized carbons (Fsp3) is 0.625. The zero-order valence-electron chi connectivity index (χ0n) is 14.6. The molecule has 2 rings (SSSR count). The van der Waals surface area contributed by atoms with Gasteiger partial charge in [0.15, 0.2) is 0 Å². The number of aromatic nitrogens is 1. The summed E-state index contributed by atoms with van der Waals surface area (Å²) < 4.78 is 0. The molecule has 0 spiro atoms. The molecule has 1 aliphatic rings. The summed E-state index contributed by atoms with van der Waals surface area (Å²) in [4.78, 5) is 29.2. The van der Waals surface area contributed by atoms with Crippen LogP contribution in [0.15, 0.2) is 18.3 Å². The van der Waals surface area contributed by atoms with E-state index in [-0.39, 0.29) is 4.92 Å². The fourth-order valence-corrected chi connectivity index (χ4v) is 3.59. The number of anilines is 1. The molecule has 2 N–H and O–H groups in total. The molecule has 1 aliphatic heterocycles. The van der Waals surface area contributed by atoms with Crippen LogP contribution in [0, 0.1) is 21.4 Å². The summed E-state index contributed by atoms with van der Waals surface area (Å²) >= 11 is 0. The first-order valence-electron chi connectivity index (χ1n) is 7.80. The first-order valence-corrected chi connectivity index (χ1v) is 7.80. The van der Waals surface area contributed by atoms with Crippen molar-refractivity contribution in [2.75, 3.05) is 19.0 Å². The average Bonchev–Trinajstić information content (AvgIpc) is 2.88. The van der Waals surface area contributed by atoms with Gasteiger partial charge in [0.25, 0.3) is 0 Å². The lowest BCUT2D eigenvalue weighted by Crippen LogP contribution is -2.44. The van der Waals surface area contributed by atoms with Gasteiger partial charge in [-0.25, -0.2) is 4.98 Å². The molecule has 0 radical (unpaired) electrons. The Morgan fingerprint density at radius 1 is 1.42 bits per heavy atom. The third-order valence-corrected chi connectivity index (χ3v) is 4.51. The highest BCUT2D eigenvalue weighted by Gasteiger charge is 2.58. The number of carbonyl (C=O) groups is 1. The summed E-state index contributed by atoms with van der Waals surface area (Å²) in [5, 5.41) is 24.4. The van der Waals surface area contributed by atoms with Crippen molar-refractivity contribution >= 4 is 11.8 Å². The summed E-state index contributed by atoms with van der Waals surface area (Å²) in [6.07, 6.45) is 1.62. The smallest absolute Gasteiger partial charge is 0.321 e. The van der Waals surface area contributed by atoms with Gasteiger partial charge in [-0.05, 0) is 11.5 Å². The van der Waals surface area contributed by atoms with E-state index in [2.05, 4.69) is 10.3 Å². The minimum atomic E-state index is -1.07. The molecule has 132 valence electrons. The number of hydrogen-bond acceptors (Lipinski definition) is 6.